The molecule has 0 N–H and O–H groups in total. The number of nitrogens with zero attached hydrogens (tertiary/aromatic N) is 1. The van der Waals surface area contributed by atoms with E-state index in [0.29, 0.717) is 16.5 Å². The Hall–Kier alpha value is -1.80. The number of carbonyl (C=O) groups excluding carboxylic acids is 3. The van der Waals surface area contributed by atoms with E-state index in [9.17, 15) is 14.4 Å². The topological polar surface area (TPSA) is 73.5 Å². The highest BCUT2D eigenvalue weighted by atomic mass is 32.2. The van der Waals surface area contributed by atoms with Gasteiger partial charge < -0.3 is 9.47 Å². The van der Waals surface area contributed by atoms with Gasteiger partial charge in [-0.2, -0.15) is 4.57 Å². The third-order valence-corrected chi connectivity index (χ3v) is 5.11. The molecule has 0 aliphatic heterocycles. The summed E-state index contributed by atoms with van der Waals surface area (Å²) >= 11 is 2.56. The Balaban J connectivity index is 3.11. The molecule has 8 heteroatoms. The molecule has 0 radical (unpaired) electrons. The van der Waals surface area contributed by atoms with Gasteiger partial charge in [-0.25, -0.2) is 0 Å². The van der Waals surface area contributed by atoms with Crippen molar-refractivity contribution in [3.63, 3.8) is 0 Å². The van der Waals surface area contributed by atoms with Crippen molar-refractivity contribution in [3.8, 4) is 0 Å². The van der Waals surface area contributed by atoms with Gasteiger partial charge in [0.1, 0.15) is 10.7 Å². The molecule has 1 aromatic heterocycles. The van der Waals surface area contributed by atoms with Crippen LogP contribution in [0.15, 0.2) is 34.8 Å². The molecule has 0 spiro atoms. The van der Waals surface area contributed by atoms with Gasteiger partial charge in [0.15, 0.2) is 12.4 Å². The summed E-state index contributed by atoms with van der Waals surface area (Å²) < 4.78 is 12.1. The monoisotopic (exact) mass is 384 g/mol. The first-order valence-corrected chi connectivity index (χ1v) is 9.96. The number of thioether (sulfide) groups is 2. The molecule has 0 amide bonds. The number of Topliss-reactive ketones (excluding diaryl/α,β-unsaturated/α-hetero) is 1. The number of pyridine rings is 1. The van der Waals surface area contributed by atoms with Crippen LogP contribution in [0.1, 0.15) is 20.3 Å². The van der Waals surface area contributed by atoms with Crippen molar-refractivity contribution in [2.24, 2.45) is 0 Å². The van der Waals surface area contributed by atoms with Crippen molar-refractivity contribution in [1.29, 1.82) is 0 Å². The molecule has 0 aromatic carbocycles. The zero-order valence-electron chi connectivity index (χ0n) is 14.5. The summed E-state index contributed by atoms with van der Waals surface area (Å²) in [5.41, 5.74) is 0.343. The first-order chi connectivity index (χ1) is 12.0. The van der Waals surface area contributed by atoms with Gasteiger partial charge in [0, 0.05) is 12.1 Å². The Morgan fingerprint density at radius 1 is 0.960 bits per heavy atom. The van der Waals surface area contributed by atoms with Crippen LogP contribution in [0.2, 0.25) is 0 Å². The van der Waals surface area contributed by atoms with E-state index in [4.69, 9.17) is 9.47 Å². The van der Waals surface area contributed by atoms with E-state index < -0.39 is 5.97 Å². The highest BCUT2D eigenvalue weighted by molar-refractivity contribution is 8.22. The average Bonchev–Trinajstić information content (AvgIpc) is 2.59. The SMILES string of the molecule is CCOC(=O)CS/C(SC)=C(/C(=O)CC(=O)OCC)[n+]1ccccc1. The van der Waals surface area contributed by atoms with Crippen molar-refractivity contribution in [3.05, 3.63) is 34.8 Å². The van der Waals surface area contributed by atoms with Crippen LogP contribution in [0.25, 0.3) is 5.70 Å². The minimum Gasteiger partial charge on any atom is -0.466 e. The zero-order valence-corrected chi connectivity index (χ0v) is 16.2. The Morgan fingerprint density at radius 2 is 1.56 bits per heavy atom. The van der Waals surface area contributed by atoms with Gasteiger partial charge in [-0.15, -0.1) is 23.5 Å². The maximum atomic E-state index is 12.7. The average molecular weight is 384 g/mol. The number of aromatic nitrogens is 1. The van der Waals surface area contributed by atoms with Crippen molar-refractivity contribution >= 4 is 46.9 Å². The van der Waals surface area contributed by atoms with E-state index in [1.54, 1.807) is 42.9 Å². The molecule has 1 aromatic rings. The van der Waals surface area contributed by atoms with Gasteiger partial charge in [-0.3, -0.25) is 14.4 Å². The summed E-state index contributed by atoms with van der Waals surface area (Å²) in [4.78, 5) is 36.0. The van der Waals surface area contributed by atoms with Crippen LogP contribution in [-0.2, 0) is 23.9 Å². The van der Waals surface area contributed by atoms with Crippen LogP contribution in [0.4, 0.5) is 0 Å². The van der Waals surface area contributed by atoms with Crippen LogP contribution in [0.5, 0.6) is 0 Å². The molecule has 0 bridgehead atoms. The Labute approximate surface area is 156 Å². The molecule has 1 rings (SSSR count). The predicted molar refractivity (Wildman–Crippen MR) is 98.7 cm³/mol. The lowest BCUT2D eigenvalue weighted by Gasteiger charge is -2.08. The second kappa shape index (κ2) is 11.7. The lowest BCUT2D eigenvalue weighted by atomic mass is 10.2. The number of ketones is 1. The number of allylic oxidation sites excluding steroid dienone is 1. The lowest BCUT2D eigenvalue weighted by Crippen LogP contribution is -2.37. The normalized spacial score (nSPS) is 11.5. The standard InChI is InChI=1S/C17H22NO5S2/c1-4-22-14(20)11-13(19)16(18-9-7-6-8-10-18)17(24-3)25-12-15(21)23-5-2/h6-10H,4-5,11-12H2,1-3H3/q+1/b17-16-. The third kappa shape index (κ3) is 7.31. The Kier molecular flexibility index (Phi) is 9.94. The van der Waals surface area contributed by atoms with E-state index in [1.165, 1.54) is 23.5 Å². The predicted octanol–water partition coefficient (Wildman–Crippen LogP) is 2.28. The van der Waals surface area contributed by atoms with E-state index in [2.05, 4.69) is 0 Å². The summed E-state index contributed by atoms with van der Waals surface area (Å²) in [5, 5.41) is 0. The molecule has 6 nitrogen and oxygen atoms in total. The lowest BCUT2D eigenvalue weighted by molar-refractivity contribution is -0.577. The summed E-state index contributed by atoms with van der Waals surface area (Å²) in [6.45, 7) is 3.95. The van der Waals surface area contributed by atoms with E-state index in [1.807, 2.05) is 12.3 Å². The van der Waals surface area contributed by atoms with Crippen molar-refractivity contribution in [2.45, 2.75) is 20.3 Å². The molecule has 0 fully saturated rings. The number of hydrogen-bond acceptors (Lipinski definition) is 7. The molecule has 25 heavy (non-hydrogen) atoms. The number of ether oxygens (including phenoxy) is 2. The zero-order chi connectivity index (χ0) is 18.7. The quantitative estimate of drug-likeness (QED) is 0.265. The van der Waals surface area contributed by atoms with Gasteiger partial charge in [-0.1, -0.05) is 6.07 Å². The van der Waals surface area contributed by atoms with Gasteiger partial charge in [0.2, 0.25) is 5.78 Å². The van der Waals surface area contributed by atoms with Crippen LogP contribution in [0.3, 0.4) is 0 Å². The first kappa shape index (κ1) is 21.2. The third-order valence-electron chi connectivity index (χ3n) is 2.85. The minimum atomic E-state index is -0.572. The molecule has 0 aliphatic carbocycles. The van der Waals surface area contributed by atoms with Gasteiger partial charge in [0.25, 0.3) is 5.70 Å². The van der Waals surface area contributed by atoms with Gasteiger partial charge in [-0.05, 0) is 20.1 Å². The maximum absolute atomic E-state index is 12.7. The Morgan fingerprint density at radius 3 is 2.12 bits per heavy atom. The molecule has 0 saturated heterocycles. The van der Waals surface area contributed by atoms with Crippen molar-refractivity contribution in [2.75, 3.05) is 25.2 Å². The van der Waals surface area contributed by atoms with E-state index in [-0.39, 0.29) is 30.5 Å². The number of esters is 2. The summed E-state index contributed by atoms with van der Waals surface area (Å²) in [5.74, 6) is -1.20. The smallest absolute Gasteiger partial charge is 0.316 e. The molecule has 0 atom stereocenters. The summed E-state index contributed by atoms with van der Waals surface area (Å²) in [6, 6.07) is 5.39. The highest BCUT2D eigenvalue weighted by Crippen LogP contribution is 2.31. The number of carbonyl (C=O) groups is 3. The highest BCUT2D eigenvalue weighted by Gasteiger charge is 2.28. The second-order valence-corrected chi connectivity index (χ2v) is 6.68. The molecule has 0 aliphatic rings. The minimum absolute atomic E-state index is 0.0909. The van der Waals surface area contributed by atoms with Crippen molar-refractivity contribution in [1.82, 2.24) is 0 Å². The van der Waals surface area contributed by atoms with Crippen LogP contribution in [0, 0.1) is 0 Å². The second-order valence-electron chi connectivity index (χ2n) is 4.62. The van der Waals surface area contributed by atoms with Crippen molar-refractivity contribution < 1.29 is 28.4 Å². The molecule has 0 unspecified atom stereocenters. The van der Waals surface area contributed by atoms with E-state index >= 15 is 0 Å². The van der Waals surface area contributed by atoms with Gasteiger partial charge >= 0.3 is 11.9 Å². The fourth-order valence-corrected chi connectivity index (χ4v) is 3.64. The summed E-state index contributed by atoms with van der Waals surface area (Å²) in [7, 11) is 0. The van der Waals surface area contributed by atoms with Crippen LogP contribution < -0.4 is 4.57 Å². The van der Waals surface area contributed by atoms with Crippen LogP contribution in [-0.4, -0.2) is 42.9 Å². The Bertz CT molecular complexity index is 631. The fourth-order valence-electron chi connectivity index (χ4n) is 1.89. The first-order valence-electron chi connectivity index (χ1n) is 7.75. The molecule has 0 saturated carbocycles. The molecule has 1 heterocycles. The largest absolute Gasteiger partial charge is 0.466 e. The van der Waals surface area contributed by atoms with E-state index in [0.717, 1.165) is 0 Å². The maximum Gasteiger partial charge on any atom is 0.316 e. The molecular weight excluding hydrogens is 362 g/mol. The van der Waals surface area contributed by atoms with Gasteiger partial charge in [0.05, 0.1) is 19.0 Å². The molecule has 136 valence electrons. The number of hydrogen-bond donors (Lipinski definition) is 0. The fraction of sp³-hybridized carbons (Fsp3) is 0.412. The summed E-state index contributed by atoms with van der Waals surface area (Å²) in [6.07, 6.45) is 4.91. The number of rotatable bonds is 10. The van der Waals surface area contributed by atoms with Crippen LogP contribution >= 0.6 is 23.5 Å². The molecular formula is C17H22NO5S2+.